The van der Waals surface area contributed by atoms with Gasteiger partial charge < -0.3 is 23.9 Å². The highest BCUT2D eigenvalue weighted by molar-refractivity contribution is 5.15. The molecule has 1 rings (SSSR count). The summed E-state index contributed by atoms with van der Waals surface area (Å²) in [5.74, 6) is 1.59. The van der Waals surface area contributed by atoms with E-state index in [0.29, 0.717) is 32.3 Å². The van der Waals surface area contributed by atoms with Crippen molar-refractivity contribution in [2.45, 2.75) is 33.4 Å². The molecule has 0 spiro atoms. The number of furan rings is 1. The number of hydrogen-bond acceptors (Lipinski definition) is 5. The van der Waals surface area contributed by atoms with Crippen molar-refractivity contribution in [3.63, 3.8) is 0 Å². The summed E-state index contributed by atoms with van der Waals surface area (Å²) in [6.45, 7) is 9.33. The quantitative estimate of drug-likeness (QED) is 0.567. The van der Waals surface area contributed by atoms with Crippen LogP contribution in [0.25, 0.3) is 0 Å². The number of nitrogens with one attached hydrogen (secondary N) is 1. The van der Waals surface area contributed by atoms with Gasteiger partial charge >= 0.3 is 0 Å². The van der Waals surface area contributed by atoms with Gasteiger partial charge in [0.1, 0.15) is 5.76 Å². The molecule has 1 heterocycles. The molecule has 5 heteroatoms. The number of rotatable bonds is 13. The van der Waals surface area contributed by atoms with Crippen LogP contribution < -0.4 is 5.32 Å². The Kier molecular flexibility index (Phi) is 10.2. The number of hydrogen-bond donors (Lipinski definition) is 1. The van der Waals surface area contributed by atoms with Gasteiger partial charge in [0.15, 0.2) is 0 Å². The van der Waals surface area contributed by atoms with Crippen LogP contribution in [-0.4, -0.2) is 40.1 Å². The lowest BCUT2D eigenvalue weighted by Crippen LogP contribution is -2.19. The molecule has 1 aromatic heterocycles. The second kappa shape index (κ2) is 11.7. The summed E-state index contributed by atoms with van der Waals surface area (Å²) in [6.07, 6.45) is 2.64. The monoisotopic (exact) mass is 299 g/mol. The summed E-state index contributed by atoms with van der Waals surface area (Å²) in [4.78, 5) is 0. The zero-order valence-electron chi connectivity index (χ0n) is 13.5. The molecular weight excluding hydrogens is 270 g/mol. The zero-order chi connectivity index (χ0) is 15.3. The van der Waals surface area contributed by atoms with Crippen molar-refractivity contribution in [2.75, 3.05) is 40.1 Å². The Bertz CT molecular complexity index is 352. The first kappa shape index (κ1) is 18.2. The van der Waals surface area contributed by atoms with Crippen molar-refractivity contribution in [1.29, 1.82) is 0 Å². The second-order valence-corrected chi connectivity index (χ2v) is 5.41. The maximum absolute atomic E-state index is 5.61. The smallest absolute Gasteiger partial charge is 0.123 e. The highest BCUT2D eigenvalue weighted by Gasteiger charge is 2.06. The number of methoxy groups -OCH3 is 1. The summed E-state index contributed by atoms with van der Waals surface area (Å²) in [6, 6.07) is 1.96. The topological polar surface area (TPSA) is 52.9 Å². The summed E-state index contributed by atoms with van der Waals surface area (Å²) in [7, 11) is 1.70. The van der Waals surface area contributed by atoms with Gasteiger partial charge in [0.25, 0.3) is 0 Å². The van der Waals surface area contributed by atoms with Crippen LogP contribution in [0.5, 0.6) is 0 Å². The lowest BCUT2D eigenvalue weighted by atomic mass is 10.2. The average molecular weight is 299 g/mol. The SMILES string of the molecule is COCCCOCCOCc1ccoc1CNCC(C)C. The van der Waals surface area contributed by atoms with Gasteiger partial charge in [-0.3, -0.25) is 0 Å². The fourth-order valence-corrected chi connectivity index (χ4v) is 1.83. The largest absolute Gasteiger partial charge is 0.468 e. The fraction of sp³-hybridized carbons (Fsp3) is 0.750. The van der Waals surface area contributed by atoms with E-state index in [2.05, 4.69) is 19.2 Å². The Morgan fingerprint density at radius 1 is 1.14 bits per heavy atom. The maximum atomic E-state index is 5.61. The Morgan fingerprint density at radius 2 is 1.95 bits per heavy atom. The van der Waals surface area contributed by atoms with Crippen LogP contribution in [0.15, 0.2) is 16.7 Å². The van der Waals surface area contributed by atoms with E-state index in [0.717, 1.165) is 37.4 Å². The predicted octanol–water partition coefficient (Wildman–Crippen LogP) is 2.59. The minimum absolute atomic E-state index is 0.566. The highest BCUT2D eigenvalue weighted by atomic mass is 16.5. The molecule has 21 heavy (non-hydrogen) atoms. The van der Waals surface area contributed by atoms with E-state index in [-0.39, 0.29) is 0 Å². The van der Waals surface area contributed by atoms with E-state index in [9.17, 15) is 0 Å². The molecule has 0 bridgehead atoms. The summed E-state index contributed by atoms with van der Waals surface area (Å²) < 4.78 is 21.5. The molecule has 0 saturated carbocycles. The molecule has 0 aromatic carbocycles. The second-order valence-electron chi connectivity index (χ2n) is 5.41. The van der Waals surface area contributed by atoms with Crippen LogP contribution in [0.1, 0.15) is 31.6 Å². The molecule has 0 radical (unpaired) electrons. The van der Waals surface area contributed by atoms with Gasteiger partial charge in [-0.2, -0.15) is 0 Å². The van der Waals surface area contributed by atoms with Gasteiger partial charge in [0, 0.05) is 25.9 Å². The molecule has 0 fully saturated rings. The summed E-state index contributed by atoms with van der Waals surface area (Å²) in [5, 5.41) is 3.37. The molecule has 122 valence electrons. The Morgan fingerprint density at radius 3 is 2.71 bits per heavy atom. The highest BCUT2D eigenvalue weighted by Crippen LogP contribution is 2.11. The number of ether oxygens (including phenoxy) is 3. The lowest BCUT2D eigenvalue weighted by molar-refractivity contribution is 0.0332. The third-order valence-electron chi connectivity index (χ3n) is 2.94. The molecule has 0 aliphatic heterocycles. The van der Waals surface area contributed by atoms with Crippen molar-refractivity contribution < 1.29 is 18.6 Å². The van der Waals surface area contributed by atoms with Crippen LogP contribution in [0.3, 0.4) is 0 Å². The van der Waals surface area contributed by atoms with Crippen LogP contribution in [0.2, 0.25) is 0 Å². The van der Waals surface area contributed by atoms with Crippen molar-refractivity contribution >= 4 is 0 Å². The van der Waals surface area contributed by atoms with Crippen LogP contribution in [0, 0.1) is 5.92 Å². The van der Waals surface area contributed by atoms with Gasteiger partial charge in [0.05, 0.1) is 32.6 Å². The van der Waals surface area contributed by atoms with E-state index in [1.54, 1.807) is 13.4 Å². The molecule has 0 atom stereocenters. The molecule has 0 unspecified atom stereocenters. The van der Waals surface area contributed by atoms with Gasteiger partial charge in [-0.25, -0.2) is 0 Å². The average Bonchev–Trinajstić information content (AvgIpc) is 2.89. The van der Waals surface area contributed by atoms with Crippen LogP contribution in [-0.2, 0) is 27.4 Å². The van der Waals surface area contributed by atoms with Gasteiger partial charge in [-0.1, -0.05) is 13.8 Å². The Labute approximate surface area is 127 Å². The minimum atomic E-state index is 0.566. The molecule has 0 aliphatic carbocycles. The molecule has 0 saturated heterocycles. The molecule has 5 nitrogen and oxygen atoms in total. The van der Waals surface area contributed by atoms with Crippen LogP contribution in [0.4, 0.5) is 0 Å². The maximum Gasteiger partial charge on any atom is 0.123 e. The van der Waals surface area contributed by atoms with Gasteiger partial charge in [0.2, 0.25) is 0 Å². The molecule has 0 aliphatic rings. The predicted molar refractivity (Wildman–Crippen MR) is 82.2 cm³/mol. The fourth-order valence-electron chi connectivity index (χ4n) is 1.83. The Hall–Kier alpha value is -0.880. The molecular formula is C16H29NO4. The summed E-state index contributed by atoms with van der Waals surface area (Å²) >= 11 is 0. The van der Waals surface area contributed by atoms with Crippen molar-refractivity contribution in [3.8, 4) is 0 Å². The third kappa shape index (κ3) is 8.88. The van der Waals surface area contributed by atoms with Gasteiger partial charge in [-0.15, -0.1) is 0 Å². The third-order valence-corrected chi connectivity index (χ3v) is 2.94. The molecule has 1 aromatic rings. The van der Waals surface area contributed by atoms with E-state index < -0.39 is 0 Å². The van der Waals surface area contributed by atoms with E-state index in [1.807, 2.05) is 6.07 Å². The first-order valence-electron chi connectivity index (χ1n) is 7.64. The molecule has 0 amide bonds. The van der Waals surface area contributed by atoms with Gasteiger partial charge in [-0.05, 0) is 24.9 Å². The summed E-state index contributed by atoms with van der Waals surface area (Å²) in [5.41, 5.74) is 1.10. The van der Waals surface area contributed by atoms with Crippen molar-refractivity contribution in [1.82, 2.24) is 5.32 Å². The molecule has 1 N–H and O–H groups in total. The zero-order valence-corrected chi connectivity index (χ0v) is 13.5. The lowest BCUT2D eigenvalue weighted by Gasteiger charge is -2.08. The normalized spacial score (nSPS) is 11.4. The first-order chi connectivity index (χ1) is 10.2. The van der Waals surface area contributed by atoms with Crippen molar-refractivity contribution in [3.05, 3.63) is 23.7 Å². The van der Waals surface area contributed by atoms with Crippen LogP contribution >= 0.6 is 0 Å². The van der Waals surface area contributed by atoms with E-state index >= 15 is 0 Å². The van der Waals surface area contributed by atoms with E-state index in [4.69, 9.17) is 18.6 Å². The Balaban J connectivity index is 2.08. The minimum Gasteiger partial charge on any atom is -0.468 e. The first-order valence-corrected chi connectivity index (χ1v) is 7.64. The van der Waals surface area contributed by atoms with Crippen molar-refractivity contribution in [2.24, 2.45) is 5.92 Å². The standard InChI is InChI=1S/C16H29NO4/c1-14(2)11-17-12-16-15(5-8-21-16)13-20-10-9-19-7-4-6-18-3/h5,8,14,17H,4,6-7,9-13H2,1-3H3. The van der Waals surface area contributed by atoms with E-state index in [1.165, 1.54) is 0 Å².